The van der Waals surface area contributed by atoms with Crippen LogP contribution < -0.4 is 20.4 Å². The zero-order valence-electron chi connectivity index (χ0n) is 16.7. The highest BCUT2D eigenvalue weighted by Crippen LogP contribution is 2.29. The van der Waals surface area contributed by atoms with Gasteiger partial charge in [-0.25, -0.2) is 0 Å². The van der Waals surface area contributed by atoms with Gasteiger partial charge in [-0.05, 0) is 37.4 Å². The molecule has 0 saturated heterocycles. The van der Waals surface area contributed by atoms with E-state index in [1.165, 1.54) is 4.90 Å². The molecular formula is C21H25N4O3S+. The number of carbonyl (C=O) groups excluding carboxylic acids is 3. The number of quaternary nitrogens is 1. The van der Waals surface area contributed by atoms with Crippen LogP contribution in [-0.2, 0) is 14.4 Å². The number of amides is 3. The summed E-state index contributed by atoms with van der Waals surface area (Å²) in [5.74, 6) is -0.587. The lowest BCUT2D eigenvalue weighted by Crippen LogP contribution is -3.15. The average molecular weight is 414 g/mol. The van der Waals surface area contributed by atoms with Gasteiger partial charge in [-0.1, -0.05) is 24.3 Å². The summed E-state index contributed by atoms with van der Waals surface area (Å²) in [5.41, 5.74) is 2.06. The SMILES string of the molecule is CSc1ccccc1NC(=O)C[NH+](C)[C@H](C)C(=O)N1CC(=O)Nc2ccccc21. The van der Waals surface area contributed by atoms with Crippen LogP contribution in [-0.4, -0.2) is 50.2 Å². The number of hydrogen-bond donors (Lipinski definition) is 3. The molecule has 2 aromatic rings. The van der Waals surface area contributed by atoms with Crippen molar-refractivity contribution in [1.29, 1.82) is 0 Å². The van der Waals surface area contributed by atoms with Crippen molar-refractivity contribution in [2.24, 2.45) is 0 Å². The van der Waals surface area contributed by atoms with Crippen LogP contribution in [0.2, 0.25) is 0 Å². The van der Waals surface area contributed by atoms with Crippen molar-refractivity contribution < 1.29 is 19.3 Å². The van der Waals surface area contributed by atoms with Gasteiger partial charge in [-0.15, -0.1) is 11.8 Å². The number of rotatable bonds is 6. The van der Waals surface area contributed by atoms with Crippen LogP contribution in [0, 0.1) is 0 Å². The molecule has 1 unspecified atom stereocenters. The lowest BCUT2D eigenvalue weighted by atomic mass is 10.1. The van der Waals surface area contributed by atoms with E-state index in [2.05, 4.69) is 10.6 Å². The topological polar surface area (TPSA) is 83.0 Å². The summed E-state index contributed by atoms with van der Waals surface area (Å²) < 4.78 is 0. The number of nitrogens with one attached hydrogen (secondary N) is 3. The second kappa shape index (κ2) is 9.11. The zero-order chi connectivity index (χ0) is 21.0. The van der Waals surface area contributed by atoms with Crippen molar-refractivity contribution in [3.05, 3.63) is 48.5 Å². The maximum atomic E-state index is 13.1. The summed E-state index contributed by atoms with van der Waals surface area (Å²) in [7, 11) is 1.80. The smallest absolute Gasteiger partial charge is 0.285 e. The number of thioether (sulfide) groups is 1. The molecule has 29 heavy (non-hydrogen) atoms. The van der Waals surface area contributed by atoms with E-state index >= 15 is 0 Å². The Kier molecular flexibility index (Phi) is 6.56. The molecule has 8 heteroatoms. The van der Waals surface area contributed by atoms with Crippen molar-refractivity contribution in [1.82, 2.24) is 0 Å². The molecule has 2 atom stereocenters. The minimum absolute atomic E-state index is 0.0270. The monoisotopic (exact) mass is 413 g/mol. The second-order valence-electron chi connectivity index (χ2n) is 6.98. The number of likely N-dealkylation sites (N-methyl/N-ethyl adjacent to an activating group) is 1. The predicted octanol–water partition coefficient (Wildman–Crippen LogP) is 1.24. The fourth-order valence-corrected chi connectivity index (χ4v) is 3.78. The number of anilines is 3. The Balaban J connectivity index is 1.67. The fourth-order valence-electron chi connectivity index (χ4n) is 3.22. The van der Waals surface area contributed by atoms with E-state index in [0.29, 0.717) is 11.4 Å². The van der Waals surface area contributed by atoms with Gasteiger partial charge in [0.05, 0.1) is 24.1 Å². The van der Waals surface area contributed by atoms with E-state index < -0.39 is 6.04 Å². The average Bonchev–Trinajstić information content (AvgIpc) is 2.72. The maximum absolute atomic E-state index is 13.1. The molecule has 0 spiro atoms. The minimum Gasteiger partial charge on any atom is -0.323 e. The van der Waals surface area contributed by atoms with Crippen LogP contribution >= 0.6 is 11.8 Å². The van der Waals surface area contributed by atoms with Gasteiger partial charge in [-0.2, -0.15) is 0 Å². The summed E-state index contributed by atoms with van der Waals surface area (Å²) in [6, 6.07) is 14.3. The third-order valence-electron chi connectivity index (χ3n) is 4.97. The summed E-state index contributed by atoms with van der Waals surface area (Å²) in [6.07, 6.45) is 1.95. The first-order valence-electron chi connectivity index (χ1n) is 9.36. The Morgan fingerprint density at radius 2 is 1.90 bits per heavy atom. The number of hydrogen-bond acceptors (Lipinski definition) is 4. The number of carbonyl (C=O) groups is 3. The number of fused-ring (bicyclic) bond motifs is 1. The largest absolute Gasteiger partial charge is 0.323 e. The van der Waals surface area contributed by atoms with Gasteiger partial charge in [0.15, 0.2) is 12.6 Å². The molecule has 0 saturated carbocycles. The first-order valence-corrected chi connectivity index (χ1v) is 10.6. The maximum Gasteiger partial charge on any atom is 0.285 e. The number of benzene rings is 2. The van der Waals surface area contributed by atoms with Crippen molar-refractivity contribution in [2.45, 2.75) is 17.9 Å². The Labute approximate surface area is 174 Å². The van der Waals surface area contributed by atoms with E-state index in [0.717, 1.165) is 15.5 Å². The van der Waals surface area contributed by atoms with E-state index in [1.807, 2.05) is 42.7 Å². The Bertz CT molecular complexity index is 934. The van der Waals surface area contributed by atoms with Crippen molar-refractivity contribution in [3.63, 3.8) is 0 Å². The molecule has 1 aliphatic rings. The molecule has 1 aliphatic heterocycles. The van der Waals surface area contributed by atoms with Gasteiger partial charge in [0.1, 0.15) is 6.54 Å². The molecule has 0 fully saturated rings. The first-order chi connectivity index (χ1) is 13.9. The lowest BCUT2D eigenvalue weighted by Gasteiger charge is -2.32. The van der Waals surface area contributed by atoms with E-state index in [-0.39, 0.29) is 30.8 Å². The molecule has 3 amide bonds. The van der Waals surface area contributed by atoms with Crippen LogP contribution in [0.5, 0.6) is 0 Å². The Hall–Kier alpha value is -2.84. The third kappa shape index (κ3) is 4.78. The molecule has 7 nitrogen and oxygen atoms in total. The summed E-state index contributed by atoms with van der Waals surface area (Å²) in [4.78, 5) is 40.8. The van der Waals surface area contributed by atoms with Crippen LogP contribution in [0.15, 0.2) is 53.4 Å². The van der Waals surface area contributed by atoms with Crippen molar-refractivity contribution in [2.75, 3.05) is 41.9 Å². The molecule has 2 aromatic carbocycles. The van der Waals surface area contributed by atoms with E-state index in [9.17, 15) is 14.4 Å². The molecule has 0 aromatic heterocycles. The van der Waals surface area contributed by atoms with Crippen LogP contribution in [0.3, 0.4) is 0 Å². The minimum atomic E-state index is -0.490. The van der Waals surface area contributed by atoms with E-state index in [4.69, 9.17) is 0 Å². The first kappa shape index (κ1) is 20.9. The summed E-state index contributed by atoms with van der Waals surface area (Å²) in [6.45, 7) is 1.88. The third-order valence-corrected chi connectivity index (χ3v) is 5.76. The molecule has 3 N–H and O–H groups in total. The van der Waals surface area contributed by atoms with Crippen LogP contribution in [0.4, 0.5) is 17.1 Å². The molecule has 0 aliphatic carbocycles. The molecular weight excluding hydrogens is 388 g/mol. The Morgan fingerprint density at radius 1 is 1.21 bits per heavy atom. The van der Waals surface area contributed by atoms with E-state index in [1.54, 1.807) is 37.9 Å². The van der Waals surface area contributed by atoms with Crippen LogP contribution in [0.1, 0.15) is 6.92 Å². The summed E-state index contributed by atoms with van der Waals surface area (Å²) in [5, 5.41) is 5.70. The number of nitrogens with zero attached hydrogens (tertiary/aromatic N) is 1. The van der Waals surface area contributed by atoms with Gasteiger partial charge in [-0.3, -0.25) is 19.3 Å². The normalized spacial score (nSPS) is 15.1. The van der Waals surface area contributed by atoms with Crippen LogP contribution in [0.25, 0.3) is 0 Å². The molecule has 0 radical (unpaired) electrons. The quantitative estimate of drug-likeness (QED) is 0.623. The van der Waals surface area contributed by atoms with Gasteiger partial charge in [0, 0.05) is 4.90 Å². The second-order valence-corrected chi connectivity index (χ2v) is 7.83. The van der Waals surface area contributed by atoms with Gasteiger partial charge >= 0.3 is 0 Å². The highest BCUT2D eigenvalue weighted by molar-refractivity contribution is 7.98. The highest BCUT2D eigenvalue weighted by atomic mass is 32.2. The standard InChI is InChI=1S/C21H24N4O3S/c1-14(21(28)25-13-20(27)22-15-8-4-6-10-17(15)25)24(2)12-19(26)23-16-9-5-7-11-18(16)29-3/h4-11,14H,12-13H2,1-3H3,(H,22,27)(H,23,26)/p+1/t14-/m1/s1. The van der Waals surface area contributed by atoms with Gasteiger partial charge in [0.25, 0.3) is 11.8 Å². The van der Waals surface area contributed by atoms with Crippen molar-refractivity contribution in [3.8, 4) is 0 Å². The van der Waals surface area contributed by atoms with Gasteiger partial charge < -0.3 is 15.5 Å². The molecule has 0 bridgehead atoms. The predicted molar refractivity (Wildman–Crippen MR) is 115 cm³/mol. The highest BCUT2D eigenvalue weighted by Gasteiger charge is 2.33. The lowest BCUT2D eigenvalue weighted by molar-refractivity contribution is -0.885. The molecule has 3 rings (SSSR count). The molecule has 152 valence electrons. The summed E-state index contributed by atoms with van der Waals surface area (Å²) >= 11 is 1.56. The van der Waals surface area contributed by atoms with Gasteiger partial charge in [0.2, 0.25) is 5.91 Å². The zero-order valence-corrected chi connectivity index (χ0v) is 17.5. The van der Waals surface area contributed by atoms with Crippen molar-refractivity contribution >= 4 is 46.5 Å². The fraction of sp³-hybridized carbons (Fsp3) is 0.286. The Morgan fingerprint density at radius 3 is 2.66 bits per heavy atom. The molecule has 1 heterocycles. The number of para-hydroxylation sites is 3.